The van der Waals surface area contributed by atoms with Crippen LogP contribution in [-0.4, -0.2) is 21.2 Å². The average molecular weight is 272 g/mol. The minimum atomic E-state index is 0.530. The molecule has 4 heteroatoms. The zero-order valence-corrected chi connectivity index (χ0v) is 12.5. The van der Waals surface area contributed by atoms with Crippen LogP contribution < -0.4 is 5.32 Å². The highest BCUT2D eigenvalue weighted by Gasteiger charge is 2.19. The summed E-state index contributed by atoms with van der Waals surface area (Å²) in [5, 5.41) is 3.46. The first kappa shape index (κ1) is 13.4. The van der Waals surface area contributed by atoms with E-state index >= 15 is 0 Å². The maximum absolute atomic E-state index is 4.40. The van der Waals surface area contributed by atoms with Gasteiger partial charge in [0.15, 0.2) is 0 Å². The van der Waals surface area contributed by atoms with Gasteiger partial charge in [-0.1, -0.05) is 6.42 Å². The lowest BCUT2D eigenvalue weighted by Gasteiger charge is -2.13. The highest BCUT2D eigenvalue weighted by atomic mass is 15.0. The van der Waals surface area contributed by atoms with E-state index in [1.807, 2.05) is 12.4 Å². The van der Waals surface area contributed by atoms with Crippen LogP contribution in [0.15, 0.2) is 24.8 Å². The van der Waals surface area contributed by atoms with E-state index in [9.17, 15) is 0 Å². The number of aryl methyl sites for hydroxylation is 4. The molecule has 1 atom stereocenters. The summed E-state index contributed by atoms with van der Waals surface area (Å²) in [7, 11) is 4.13. The summed E-state index contributed by atoms with van der Waals surface area (Å²) in [5.74, 6) is 1.15. The van der Waals surface area contributed by atoms with Gasteiger partial charge in [0.2, 0.25) is 0 Å². The fourth-order valence-corrected chi connectivity index (χ4v) is 3.21. The third kappa shape index (κ3) is 2.66. The molecule has 4 nitrogen and oxygen atoms in total. The van der Waals surface area contributed by atoms with Gasteiger partial charge in [-0.3, -0.25) is 0 Å². The monoisotopic (exact) mass is 272 g/mol. The Morgan fingerprint density at radius 3 is 3.00 bits per heavy atom. The molecule has 0 saturated heterocycles. The van der Waals surface area contributed by atoms with E-state index in [0.717, 1.165) is 18.8 Å². The van der Waals surface area contributed by atoms with Gasteiger partial charge in [-0.2, -0.15) is 0 Å². The van der Waals surface area contributed by atoms with Gasteiger partial charge in [-0.25, -0.2) is 4.98 Å². The van der Waals surface area contributed by atoms with E-state index in [4.69, 9.17) is 0 Å². The topological polar surface area (TPSA) is 34.8 Å². The molecule has 0 bridgehead atoms. The molecule has 1 aliphatic carbocycles. The van der Waals surface area contributed by atoms with Gasteiger partial charge in [0.1, 0.15) is 5.82 Å². The fraction of sp³-hybridized carbons (Fsp3) is 0.562. The Labute approximate surface area is 120 Å². The minimum absolute atomic E-state index is 0.530. The second kappa shape index (κ2) is 5.83. The number of aromatic nitrogens is 3. The van der Waals surface area contributed by atoms with Gasteiger partial charge >= 0.3 is 0 Å². The third-order valence-electron chi connectivity index (χ3n) is 4.42. The Hall–Kier alpha value is -1.55. The molecular weight excluding hydrogens is 248 g/mol. The lowest BCUT2D eigenvalue weighted by molar-refractivity contribution is 0.529. The molecule has 108 valence electrons. The summed E-state index contributed by atoms with van der Waals surface area (Å²) >= 11 is 0. The molecule has 2 aromatic rings. The van der Waals surface area contributed by atoms with Crippen molar-refractivity contribution >= 4 is 0 Å². The summed E-state index contributed by atoms with van der Waals surface area (Å²) < 4.78 is 4.44. The molecule has 0 amide bonds. The highest BCUT2D eigenvalue weighted by molar-refractivity contribution is 5.29. The second-order valence-corrected chi connectivity index (χ2v) is 5.77. The molecule has 0 aliphatic heterocycles. The van der Waals surface area contributed by atoms with E-state index in [0.29, 0.717) is 6.04 Å². The van der Waals surface area contributed by atoms with Crippen molar-refractivity contribution in [3.05, 3.63) is 41.7 Å². The maximum Gasteiger partial charge on any atom is 0.110 e. The molecule has 1 N–H and O–H groups in total. The van der Waals surface area contributed by atoms with Crippen molar-refractivity contribution in [2.45, 2.75) is 44.7 Å². The molecule has 0 spiro atoms. The number of hydrogen-bond donors (Lipinski definition) is 1. The summed E-state index contributed by atoms with van der Waals surface area (Å²) in [6.07, 6.45) is 14.7. The number of hydrogen-bond acceptors (Lipinski definition) is 2. The number of imidazole rings is 1. The summed E-state index contributed by atoms with van der Waals surface area (Å²) in [4.78, 5) is 4.40. The smallest absolute Gasteiger partial charge is 0.110 e. The molecule has 0 radical (unpaired) electrons. The zero-order valence-electron chi connectivity index (χ0n) is 12.5. The lowest BCUT2D eigenvalue weighted by atomic mass is 10.1. The van der Waals surface area contributed by atoms with Gasteiger partial charge < -0.3 is 14.5 Å². The number of fused-ring (bicyclic) bond motifs is 1. The van der Waals surface area contributed by atoms with Gasteiger partial charge in [0, 0.05) is 50.8 Å². The third-order valence-corrected chi connectivity index (χ3v) is 4.42. The SMILES string of the molecule is CNC1CCCCc2cn(CCc3nccn3C)cc21. The Bertz CT molecular complexity index is 567. The van der Waals surface area contributed by atoms with Crippen LogP contribution in [0.25, 0.3) is 0 Å². The van der Waals surface area contributed by atoms with Crippen LogP contribution in [0.3, 0.4) is 0 Å². The Kier molecular flexibility index (Phi) is 3.92. The first-order valence-electron chi connectivity index (χ1n) is 7.60. The average Bonchev–Trinajstić information content (AvgIpc) is 2.99. The van der Waals surface area contributed by atoms with E-state index < -0.39 is 0 Å². The van der Waals surface area contributed by atoms with E-state index in [2.05, 4.69) is 45.9 Å². The molecular formula is C16H24N4. The number of nitrogens with one attached hydrogen (secondary N) is 1. The largest absolute Gasteiger partial charge is 0.353 e. The standard InChI is InChI=1S/C16H24N4/c1-17-15-6-4-3-5-13-11-20(12-14(13)15)9-7-16-18-8-10-19(16)2/h8,10-12,15,17H,3-7,9H2,1-2H3. The molecule has 2 heterocycles. The molecule has 1 unspecified atom stereocenters. The summed E-state index contributed by atoms with van der Waals surface area (Å²) in [6.45, 7) is 1.01. The first-order chi connectivity index (χ1) is 9.78. The van der Waals surface area contributed by atoms with Gasteiger partial charge in [-0.15, -0.1) is 0 Å². The van der Waals surface area contributed by atoms with Gasteiger partial charge in [0.05, 0.1) is 0 Å². The van der Waals surface area contributed by atoms with E-state index in [1.165, 1.54) is 36.8 Å². The predicted molar refractivity (Wildman–Crippen MR) is 80.7 cm³/mol. The minimum Gasteiger partial charge on any atom is -0.353 e. The van der Waals surface area contributed by atoms with Crippen LogP contribution in [0.4, 0.5) is 0 Å². The van der Waals surface area contributed by atoms with Crippen LogP contribution in [0, 0.1) is 0 Å². The van der Waals surface area contributed by atoms with Crippen LogP contribution >= 0.6 is 0 Å². The van der Waals surface area contributed by atoms with Crippen molar-refractivity contribution in [3.8, 4) is 0 Å². The molecule has 0 saturated carbocycles. The van der Waals surface area contributed by atoms with Gasteiger partial charge in [0.25, 0.3) is 0 Å². The summed E-state index contributed by atoms with van der Waals surface area (Å²) in [6, 6.07) is 0.530. The second-order valence-electron chi connectivity index (χ2n) is 5.77. The predicted octanol–water partition coefficient (Wildman–Crippen LogP) is 2.45. The number of rotatable bonds is 4. The van der Waals surface area contributed by atoms with Crippen molar-refractivity contribution in [1.82, 2.24) is 19.4 Å². The van der Waals surface area contributed by atoms with Crippen molar-refractivity contribution in [3.63, 3.8) is 0 Å². The summed E-state index contributed by atoms with van der Waals surface area (Å²) in [5.41, 5.74) is 3.03. The number of nitrogens with zero attached hydrogens (tertiary/aromatic N) is 3. The molecule has 0 aromatic carbocycles. The van der Waals surface area contributed by atoms with E-state index in [1.54, 1.807) is 0 Å². The van der Waals surface area contributed by atoms with E-state index in [-0.39, 0.29) is 0 Å². The Morgan fingerprint density at radius 2 is 2.25 bits per heavy atom. The van der Waals surface area contributed by atoms with Crippen LogP contribution in [-0.2, 0) is 26.4 Å². The molecule has 3 rings (SSSR count). The van der Waals surface area contributed by atoms with Crippen molar-refractivity contribution in [2.75, 3.05) is 7.05 Å². The Morgan fingerprint density at radius 1 is 1.35 bits per heavy atom. The molecule has 1 aliphatic rings. The zero-order chi connectivity index (χ0) is 13.9. The van der Waals surface area contributed by atoms with Crippen LogP contribution in [0.5, 0.6) is 0 Å². The van der Waals surface area contributed by atoms with Gasteiger partial charge in [-0.05, 0) is 37.4 Å². The maximum atomic E-state index is 4.40. The molecule has 2 aromatic heterocycles. The first-order valence-corrected chi connectivity index (χ1v) is 7.60. The molecule has 20 heavy (non-hydrogen) atoms. The quantitative estimate of drug-likeness (QED) is 0.868. The van der Waals surface area contributed by atoms with Crippen molar-refractivity contribution in [1.29, 1.82) is 0 Å². The lowest BCUT2D eigenvalue weighted by Crippen LogP contribution is -2.15. The normalized spacial score (nSPS) is 18.8. The Balaban J connectivity index is 1.74. The van der Waals surface area contributed by atoms with Crippen LogP contribution in [0.1, 0.15) is 42.3 Å². The van der Waals surface area contributed by atoms with Crippen molar-refractivity contribution < 1.29 is 0 Å². The van der Waals surface area contributed by atoms with Crippen LogP contribution in [0.2, 0.25) is 0 Å². The van der Waals surface area contributed by atoms with Crippen molar-refractivity contribution in [2.24, 2.45) is 7.05 Å². The fourth-order valence-electron chi connectivity index (χ4n) is 3.21. The highest BCUT2D eigenvalue weighted by Crippen LogP contribution is 2.29. The molecule has 0 fully saturated rings.